The van der Waals surface area contributed by atoms with Crippen molar-refractivity contribution < 1.29 is 14.3 Å². The molecule has 2 atom stereocenters. The first-order valence-corrected chi connectivity index (χ1v) is 10.4. The minimum Gasteiger partial charge on any atom is -0.374 e. The van der Waals surface area contributed by atoms with Crippen LogP contribution in [-0.4, -0.2) is 52.1 Å². The Bertz CT molecular complexity index is 963. The fourth-order valence-electron chi connectivity index (χ4n) is 4.04. The number of aromatic nitrogens is 2. The number of anilines is 1. The van der Waals surface area contributed by atoms with Gasteiger partial charge in [-0.05, 0) is 25.8 Å². The third kappa shape index (κ3) is 3.54. The molecule has 0 radical (unpaired) electrons. The highest BCUT2D eigenvalue weighted by atomic mass is 32.1. The summed E-state index contributed by atoms with van der Waals surface area (Å²) < 4.78 is 15.4. The maximum Gasteiger partial charge on any atom is 0.246 e. The normalized spacial score (nSPS) is 21.2. The number of aliphatic hydroxyl groups is 1. The molecule has 0 aromatic carbocycles. The van der Waals surface area contributed by atoms with Gasteiger partial charge in [0.25, 0.3) is 0 Å². The zero-order chi connectivity index (χ0) is 20.7. The minimum absolute atomic E-state index is 0.0527. The number of piperidine rings is 1. The summed E-state index contributed by atoms with van der Waals surface area (Å²) >= 11 is 1.46. The van der Waals surface area contributed by atoms with Crippen LogP contribution in [-0.2, 0) is 11.3 Å². The summed E-state index contributed by atoms with van der Waals surface area (Å²) in [5.41, 5.74) is 1.47. The Balaban J connectivity index is 1.74. The Labute approximate surface area is 172 Å². The summed E-state index contributed by atoms with van der Waals surface area (Å²) in [6.07, 6.45) is 3.74. The molecule has 0 aliphatic carbocycles. The number of aliphatic hydroxyl groups excluding tert-OH is 1. The van der Waals surface area contributed by atoms with Crippen molar-refractivity contribution in [2.45, 2.75) is 38.6 Å². The van der Waals surface area contributed by atoms with E-state index in [4.69, 9.17) is 0 Å². The van der Waals surface area contributed by atoms with Gasteiger partial charge in [-0.2, -0.15) is 0 Å². The number of halogens is 1. The molecule has 2 unspecified atom stereocenters. The van der Waals surface area contributed by atoms with Gasteiger partial charge in [0.05, 0.1) is 15.6 Å². The van der Waals surface area contributed by atoms with Crippen LogP contribution in [0, 0.1) is 12.7 Å². The second-order valence-electron chi connectivity index (χ2n) is 7.41. The number of carbonyl (C=O) groups excluding carboxylic acids is 1. The molecular weight excluding hydrogens is 393 g/mol. The highest BCUT2D eigenvalue weighted by molar-refractivity contribution is 7.15. The zero-order valence-electron chi connectivity index (χ0n) is 16.5. The highest BCUT2D eigenvalue weighted by Gasteiger charge is 2.34. The summed E-state index contributed by atoms with van der Waals surface area (Å²) in [6.45, 7) is 6.87. The predicted octanol–water partition coefficient (Wildman–Crippen LogP) is 2.36. The molecule has 2 aromatic heterocycles. The van der Waals surface area contributed by atoms with Crippen molar-refractivity contribution >= 4 is 23.1 Å². The van der Waals surface area contributed by atoms with Gasteiger partial charge in [-0.15, -0.1) is 11.3 Å². The highest BCUT2D eigenvalue weighted by Crippen LogP contribution is 2.39. The van der Waals surface area contributed by atoms with Crippen molar-refractivity contribution in [2.24, 2.45) is 0 Å². The summed E-state index contributed by atoms with van der Waals surface area (Å²) in [4.78, 5) is 25.3. The Morgan fingerprint density at radius 3 is 3.03 bits per heavy atom. The maximum absolute atomic E-state index is 15.4. The SMILES string of the molecule is C=CC(=O)N1CCCC(N(C)c2nc(-c3cnc(C)s3)c3c(c2F)CNC3O)C1. The number of rotatable bonds is 4. The average molecular weight is 418 g/mol. The molecule has 4 heterocycles. The van der Waals surface area contributed by atoms with Gasteiger partial charge in [-0.1, -0.05) is 6.58 Å². The lowest BCUT2D eigenvalue weighted by Gasteiger charge is -2.38. The number of nitrogens with zero attached hydrogens (tertiary/aromatic N) is 4. The molecule has 1 saturated heterocycles. The van der Waals surface area contributed by atoms with Crippen molar-refractivity contribution in [2.75, 3.05) is 25.0 Å². The van der Waals surface area contributed by atoms with Crippen molar-refractivity contribution in [1.29, 1.82) is 0 Å². The molecule has 0 spiro atoms. The lowest BCUT2D eigenvalue weighted by molar-refractivity contribution is -0.127. The number of thiazole rings is 1. The van der Waals surface area contributed by atoms with Crippen LogP contribution in [0.1, 0.15) is 35.2 Å². The summed E-state index contributed by atoms with van der Waals surface area (Å²) in [6, 6.07) is -0.0527. The number of likely N-dealkylation sites (tertiary alicyclic amines) is 1. The Morgan fingerprint density at radius 2 is 2.34 bits per heavy atom. The Hall–Kier alpha value is -2.36. The first kappa shape index (κ1) is 19.9. The van der Waals surface area contributed by atoms with Gasteiger partial charge < -0.3 is 14.9 Å². The van der Waals surface area contributed by atoms with Crippen LogP contribution < -0.4 is 10.2 Å². The van der Waals surface area contributed by atoms with Crippen molar-refractivity contribution in [1.82, 2.24) is 20.2 Å². The number of carbonyl (C=O) groups is 1. The third-order valence-electron chi connectivity index (χ3n) is 5.62. The molecule has 2 aliphatic heterocycles. The van der Waals surface area contributed by atoms with Crippen LogP contribution in [0.25, 0.3) is 10.6 Å². The van der Waals surface area contributed by atoms with E-state index in [0.29, 0.717) is 29.9 Å². The van der Waals surface area contributed by atoms with Gasteiger partial charge in [0.1, 0.15) is 6.23 Å². The van der Waals surface area contributed by atoms with Gasteiger partial charge in [-0.25, -0.2) is 14.4 Å². The topological polar surface area (TPSA) is 81.6 Å². The summed E-state index contributed by atoms with van der Waals surface area (Å²) in [5, 5.41) is 14.1. The molecule has 7 nitrogen and oxygen atoms in total. The molecule has 1 amide bonds. The fraction of sp³-hybridized carbons (Fsp3) is 0.450. The van der Waals surface area contributed by atoms with Crippen LogP contribution >= 0.6 is 11.3 Å². The molecule has 9 heteroatoms. The molecule has 0 saturated carbocycles. The van der Waals surface area contributed by atoms with E-state index in [2.05, 4.69) is 21.9 Å². The molecule has 1 fully saturated rings. The lowest BCUT2D eigenvalue weighted by Crippen LogP contribution is -2.48. The van der Waals surface area contributed by atoms with Gasteiger partial charge in [0.2, 0.25) is 5.91 Å². The minimum atomic E-state index is -0.959. The van der Waals surface area contributed by atoms with Crippen LogP contribution in [0.2, 0.25) is 0 Å². The van der Waals surface area contributed by atoms with E-state index < -0.39 is 12.0 Å². The first-order chi connectivity index (χ1) is 13.9. The van der Waals surface area contributed by atoms with Crippen LogP contribution in [0.4, 0.5) is 10.2 Å². The van der Waals surface area contributed by atoms with E-state index >= 15 is 4.39 Å². The van der Waals surface area contributed by atoms with E-state index in [1.54, 1.807) is 11.1 Å². The quantitative estimate of drug-likeness (QED) is 0.744. The Kier molecular flexibility index (Phi) is 5.37. The third-order valence-corrected chi connectivity index (χ3v) is 6.54. The lowest BCUT2D eigenvalue weighted by atomic mass is 10.0. The van der Waals surface area contributed by atoms with Crippen LogP contribution in [0.3, 0.4) is 0 Å². The maximum atomic E-state index is 15.4. The number of nitrogens with one attached hydrogen (secondary N) is 1. The summed E-state index contributed by atoms with van der Waals surface area (Å²) in [5.74, 6) is -0.305. The molecular formula is C20H24FN5O2S. The van der Waals surface area contributed by atoms with E-state index in [9.17, 15) is 9.90 Å². The predicted molar refractivity (Wildman–Crippen MR) is 110 cm³/mol. The molecule has 4 rings (SSSR count). The summed E-state index contributed by atoms with van der Waals surface area (Å²) in [7, 11) is 1.81. The van der Waals surface area contributed by atoms with Crippen molar-refractivity contribution in [3.8, 4) is 10.6 Å². The monoisotopic (exact) mass is 417 g/mol. The van der Waals surface area contributed by atoms with Crippen LogP contribution in [0.15, 0.2) is 18.9 Å². The first-order valence-electron chi connectivity index (χ1n) is 9.61. The van der Waals surface area contributed by atoms with Gasteiger partial charge in [0, 0.05) is 50.0 Å². The van der Waals surface area contributed by atoms with Crippen molar-refractivity contribution in [3.63, 3.8) is 0 Å². The second kappa shape index (κ2) is 7.81. The smallest absolute Gasteiger partial charge is 0.246 e. The van der Waals surface area contributed by atoms with E-state index in [-0.39, 0.29) is 24.3 Å². The van der Waals surface area contributed by atoms with Crippen LogP contribution in [0.5, 0.6) is 0 Å². The van der Waals surface area contributed by atoms with E-state index in [0.717, 1.165) is 22.7 Å². The number of fused-ring (bicyclic) bond motifs is 1. The van der Waals surface area contributed by atoms with E-state index in [1.807, 2.05) is 18.9 Å². The number of amides is 1. The van der Waals surface area contributed by atoms with Gasteiger partial charge in [0.15, 0.2) is 11.6 Å². The van der Waals surface area contributed by atoms with Gasteiger partial charge in [-0.3, -0.25) is 10.1 Å². The largest absolute Gasteiger partial charge is 0.374 e. The fourth-order valence-corrected chi connectivity index (χ4v) is 4.83. The number of pyridine rings is 1. The van der Waals surface area contributed by atoms with E-state index in [1.165, 1.54) is 17.4 Å². The van der Waals surface area contributed by atoms with Gasteiger partial charge >= 0.3 is 0 Å². The molecule has 2 aliphatic rings. The average Bonchev–Trinajstić information content (AvgIpc) is 3.34. The number of hydrogen-bond acceptors (Lipinski definition) is 7. The van der Waals surface area contributed by atoms with Crippen molar-refractivity contribution in [3.05, 3.63) is 40.8 Å². The molecule has 29 heavy (non-hydrogen) atoms. The molecule has 0 bridgehead atoms. The molecule has 2 N–H and O–H groups in total. The number of hydrogen-bond donors (Lipinski definition) is 2. The standard InChI is InChI=1S/C20H24FN5O2S/c1-4-15(27)26-7-5-6-12(10-26)25(3)19-17(21)13-8-23-20(28)16(13)18(24-19)14-9-22-11(2)29-14/h4,9,12,20,23,28H,1,5-8,10H2,2-3H3. The molecule has 154 valence electrons. The Morgan fingerprint density at radius 1 is 1.55 bits per heavy atom. The molecule has 2 aromatic rings. The number of aryl methyl sites for hydroxylation is 1. The number of likely N-dealkylation sites (N-methyl/N-ethyl adjacent to an activating group) is 1. The second-order valence-corrected chi connectivity index (χ2v) is 8.65. The zero-order valence-corrected chi connectivity index (χ0v) is 17.3.